The first-order valence-corrected chi connectivity index (χ1v) is 8.05. The Morgan fingerprint density at radius 3 is 2.55 bits per heavy atom. The van der Waals surface area contributed by atoms with Crippen molar-refractivity contribution in [3.05, 3.63) is 51.9 Å². The molecule has 4 nitrogen and oxygen atoms in total. The third kappa shape index (κ3) is 3.54. The highest BCUT2D eigenvalue weighted by molar-refractivity contribution is 7.16. The predicted molar refractivity (Wildman–Crippen MR) is 88.8 cm³/mol. The number of nitrogens with one attached hydrogen (secondary N) is 1. The van der Waals surface area contributed by atoms with Gasteiger partial charge in [-0.2, -0.15) is 0 Å². The SMILES string of the molecule is CCOC(=O)c1cc(CC)sc1NC(=O)c1ccccc1C. The number of esters is 1. The first-order valence-electron chi connectivity index (χ1n) is 7.23. The average molecular weight is 317 g/mol. The van der Waals surface area contributed by atoms with Gasteiger partial charge in [-0.15, -0.1) is 11.3 Å². The van der Waals surface area contributed by atoms with Crippen LogP contribution in [0.15, 0.2) is 30.3 Å². The van der Waals surface area contributed by atoms with Crippen molar-refractivity contribution < 1.29 is 14.3 Å². The van der Waals surface area contributed by atoms with E-state index < -0.39 is 5.97 Å². The van der Waals surface area contributed by atoms with Crippen LogP contribution in [-0.4, -0.2) is 18.5 Å². The number of hydrogen-bond donors (Lipinski definition) is 1. The number of carbonyl (C=O) groups excluding carboxylic acids is 2. The van der Waals surface area contributed by atoms with Crippen molar-refractivity contribution >= 4 is 28.2 Å². The minimum absolute atomic E-state index is 0.215. The van der Waals surface area contributed by atoms with E-state index in [-0.39, 0.29) is 5.91 Å². The number of ether oxygens (including phenoxy) is 1. The van der Waals surface area contributed by atoms with E-state index in [1.54, 1.807) is 19.1 Å². The quantitative estimate of drug-likeness (QED) is 0.847. The molecule has 0 aliphatic rings. The van der Waals surface area contributed by atoms with Crippen molar-refractivity contribution in [3.63, 3.8) is 0 Å². The van der Waals surface area contributed by atoms with Gasteiger partial charge in [-0.25, -0.2) is 4.79 Å². The molecule has 0 saturated carbocycles. The number of rotatable bonds is 5. The second kappa shape index (κ2) is 7.22. The summed E-state index contributed by atoms with van der Waals surface area (Å²) in [5.41, 5.74) is 1.92. The van der Waals surface area contributed by atoms with Crippen LogP contribution in [-0.2, 0) is 11.2 Å². The number of benzene rings is 1. The molecule has 0 saturated heterocycles. The average Bonchev–Trinajstić information content (AvgIpc) is 2.91. The highest BCUT2D eigenvalue weighted by atomic mass is 32.1. The lowest BCUT2D eigenvalue weighted by atomic mass is 10.1. The molecule has 0 aliphatic heterocycles. The fourth-order valence-corrected chi connectivity index (χ4v) is 3.05. The van der Waals surface area contributed by atoms with Crippen LogP contribution >= 0.6 is 11.3 Å². The van der Waals surface area contributed by atoms with E-state index in [1.807, 2.05) is 32.0 Å². The smallest absolute Gasteiger partial charge is 0.341 e. The normalized spacial score (nSPS) is 10.3. The highest BCUT2D eigenvalue weighted by Gasteiger charge is 2.19. The molecule has 1 heterocycles. The van der Waals surface area contributed by atoms with Crippen LogP contribution in [0.25, 0.3) is 0 Å². The van der Waals surface area contributed by atoms with E-state index >= 15 is 0 Å². The van der Waals surface area contributed by atoms with Gasteiger partial charge in [0.1, 0.15) is 5.00 Å². The summed E-state index contributed by atoms with van der Waals surface area (Å²) in [5, 5.41) is 3.39. The number of anilines is 1. The van der Waals surface area contributed by atoms with Crippen LogP contribution in [0.1, 0.15) is 45.0 Å². The van der Waals surface area contributed by atoms with Crippen LogP contribution in [0, 0.1) is 6.92 Å². The summed E-state index contributed by atoms with van der Waals surface area (Å²) in [5.74, 6) is -0.619. The van der Waals surface area contributed by atoms with Gasteiger partial charge in [0.15, 0.2) is 0 Å². The number of thiophene rings is 1. The lowest BCUT2D eigenvalue weighted by molar-refractivity contribution is 0.0528. The molecule has 22 heavy (non-hydrogen) atoms. The highest BCUT2D eigenvalue weighted by Crippen LogP contribution is 2.30. The molecule has 0 bridgehead atoms. The molecule has 1 aromatic heterocycles. The van der Waals surface area contributed by atoms with E-state index in [4.69, 9.17) is 4.74 Å². The maximum atomic E-state index is 12.4. The van der Waals surface area contributed by atoms with Gasteiger partial charge in [-0.1, -0.05) is 25.1 Å². The number of amides is 1. The first kappa shape index (κ1) is 16.2. The standard InChI is InChI=1S/C17H19NO3S/c1-4-12-10-14(17(20)21-5-2)16(22-12)18-15(19)13-9-7-6-8-11(13)3/h6-10H,4-5H2,1-3H3,(H,18,19). The molecule has 0 unspecified atom stereocenters. The molecule has 0 aliphatic carbocycles. The van der Waals surface area contributed by atoms with E-state index in [0.29, 0.717) is 22.7 Å². The van der Waals surface area contributed by atoms with E-state index in [9.17, 15) is 9.59 Å². The zero-order valence-corrected chi connectivity index (χ0v) is 13.8. The second-order valence-corrected chi connectivity index (χ2v) is 5.94. The van der Waals surface area contributed by atoms with Gasteiger partial charge in [-0.3, -0.25) is 4.79 Å². The molecule has 0 radical (unpaired) electrons. The molecule has 2 rings (SSSR count). The lowest BCUT2D eigenvalue weighted by Gasteiger charge is -2.07. The lowest BCUT2D eigenvalue weighted by Crippen LogP contribution is -2.15. The van der Waals surface area contributed by atoms with Crippen molar-refractivity contribution in [1.82, 2.24) is 0 Å². The number of aryl methyl sites for hydroxylation is 2. The topological polar surface area (TPSA) is 55.4 Å². The predicted octanol–water partition coefficient (Wildman–Crippen LogP) is 4.05. The Balaban J connectivity index is 2.29. The molecule has 1 aromatic carbocycles. The first-order chi connectivity index (χ1) is 10.6. The van der Waals surface area contributed by atoms with Crippen LogP contribution < -0.4 is 5.32 Å². The fourth-order valence-electron chi connectivity index (χ4n) is 2.07. The Morgan fingerprint density at radius 1 is 1.18 bits per heavy atom. The van der Waals surface area contributed by atoms with Crippen LogP contribution in [0.2, 0.25) is 0 Å². The van der Waals surface area contributed by atoms with Gasteiger partial charge in [0.05, 0.1) is 12.2 Å². The summed E-state index contributed by atoms with van der Waals surface area (Å²) in [4.78, 5) is 25.5. The molecule has 116 valence electrons. The van der Waals surface area contributed by atoms with Gasteiger partial charge in [0.2, 0.25) is 0 Å². The molecule has 2 aromatic rings. The summed E-state index contributed by atoms with van der Waals surface area (Å²) in [6.07, 6.45) is 0.803. The molecular weight excluding hydrogens is 298 g/mol. The van der Waals surface area contributed by atoms with Crippen LogP contribution in [0.4, 0.5) is 5.00 Å². The number of carbonyl (C=O) groups is 2. The van der Waals surface area contributed by atoms with Gasteiger partial charge in [0, 0.05) is 10.4 Å². The van der Waals surface area contributed by atoms with E-state index in [2.05, 4.69) is 5.32 Å². The number of hydrogen-bond acceptors (Lipinski definition) is 4. The molecule has 1 N–H and O–H groups in total. The van der Waals surface area contributed by atoms with Crippen molar-refractivity contribution in [3.8, 4) is 0 Å². The monoisotopic (exact) mass is 317 g/mol. The van der Waals surface area contributed by atoms with E-state index in [0.717, 1.165) is 16.9 Å². The van der Waals surface area contributed by atoms with Gasteiger partial charge in [0.25, 0.3) is 5.91 Å². The maximum Gasteiger partial charge on any atom is 0.341 e. The van der Waals surface area contributed by atoms with Gasteiger partial charge >= 0.3 is 5.97 Å². The zero-order chi connectivity index (χ0) is 16.1. The molecule has 5 heteroatoms. The van der Waals surface area contributed by atoms with Crippen molar-refractivity contribution in [1.29, 1.82) is 0 Å². The summed E-state index contributed by atoms with van der Waals surface area (Å²) in [6, 6.07) is 9.14. The zero-order valence-electron chi connectivity index (χ0n) is 12.9. The fraction of sp³-hybridized carbons (Fsp3) is 0.294. The largest absolute Gasteiger partial charge is 0.462 e. The third-order valence-electron chi connectivity index (χ3n) is 3.24. The summed E-state index contributed by atoms with van der Waals surface area (Å²) in [6.45, 7) is 5.96. The maximum absolute atomic E-state index is 12.4. The Bertz CT molecular complexity index is 691. The van der Waals surface area contributed by atoms with Crippen molar-refractivity contribution in [2.75, 3.05) is 11.9 Å². The minimum atomic E-state index is -0.404. The molecule has 0 fully saturated rings. The van der Waals surface area contributed by atoms with Gasteiger partial charge < -0.3 is 10.1 Å². The molecule has 0 atom stereocenters. The van der Waals surface area contributed by atoms with E-state index in [1.165, 1.54) is 11.3 Å². The third-order valence-corrected chi connectivity index (χ3v) is 4.44. The Labute approximate surface area is 134 Å². The summed E-state index contributed by atoms with van der Waals surface area (Å²) in [7, 11) is 0. The second-order valence-electron chi connectivity index (χ2n) is 4.80. The van der Waals surface area contributed by atoms with Crippen molar-refractivity contribution in [2.24, 2.45) is 0 Å². The summed E-state index contributed by atoms with van der Waals surface area (Å²) < 4.78 is 5.05. The Morgan fingerprint density at radius 2 is 1.91 bits per heavy atom. The Hall–Kier alpha value is -2.14. The van der Waals surface area contributed by atoms with Gasteiger partial charge in [-0.05, 0) is 38.0 Å². The molecular formula is C17H19NO3S. The minimum Gasteiger partial charge on any atom is -0.462 e. The molecule has 1 amide bonds. The van der Waals surface area contributed by atoms with Crippen LogP contribution in [0.3, 0.4) is 0 Å². The van der Waals surface area contributed by atoms with Crippen LogP contribution in [0.5, 0.6) is 0 Å². The van der Waals surface area contributed by atoms with Crippen molar-refractivity contribution in [2.45, 2.75) is 27.2 Å². The molecule has 0 spiro atoms. The Kier molecular flexibility index (Phi) is 5.33. The summed E-state index contributed by atoms with van der Waals surface area (Å²) >= 11 is 1.41.